The Labute approximate surface area is 257 Å². The molecule has 208 valence electrons. The normalized spacial score (nSPS) is 14.1. The summed E-state index contributed by atoms with van der Waals surface area (Å²) in [6, 6.07) is 48.6. The Bertz CT molecular complexity index is 2300. The molecule has 1 aromatic heterocycles. The highest BCUT2D eigenvalue weighted by atomic mass is 16.3. The van der Waals surface area contributed by atoms with Crippen molar-refractivity contribution in [3.63, 3.8) is 0 Å². The van der Waals surface area contributed by atoms with Gasteiger partial charge < -0.3 is 4.42 Å². The Morgan fingerprint density at radius 3 is 1.93 bits per heavy atom. The van der Waals surface area contributed by atoms with Gasteiger partial charge in [0.2, 0.25) is 0 Å². The van der Waals surface area contributed by atoms with Crippen LogP contribution in [0.2, 0.25) is 0 Å². The molecule has 44 heavy (non-hydrogen) atoms. The molecule has 1 heteroatoms. The number of hydrogen-bond donors (Lipinski definition) is 0. The largest absolute Gasteiger partial charge is 0.456 e. The van der Waals surface area contributed by atoms with Crippen LogP contribution in [0, 0.1) is 0 Å². The molecule has 1 nitrogen and oxygen atoms in total. The summed E-state index contributed by atoms with van der Waals surface area (Å²) in [4.78, 5) is 0. The van der Waals surface area contributed by atoms with Crippen molar-refractivity contribution >= 4 is 33.1 Å². The quantitative estimate of drug-likeness (QED) is 0.194. The fraction of sp³-hybridized carbons (Fsp3) is 0.0698. The van der Waals surface area contributed by atoms with Crippen LogP contribution in [0.15, 0.2) is 151 Å². The number of para-hydroxylation sites is 1. The second-order valence-corrected chi connectivity index (χ2v) is 12.0. The van der Waals surface area contributed by atoms with Gasteiger partial charge in [-0.1, -0.05) is 135 Å². The lowest BCUT2D eigenvalue weighted by Gasteiger charge is -2.30. The fourth-order valence-corrected chi connectivity index (χ4v) is 8.00. The highest BCUT2D eigenvalue weighted by molar-refractivity contribution is 6.06. The van der Waals surface area contributed by atoms with Crippen molar-refractivity contribution in [2.45, 2.75) is 18.8 Å². The van der Waals surface area contributed by atoms with Gasteiger partial charge in [0, 0.05) is 10.8 Å². The zero-order chi connectivity index (χ0) is 29.4. The first-order valence-electron chi connectivity index (χ1n) is 15.4. The molecule has 2 aliphatic rings. The van der Waals surface area contributed by atoms with Gasteiger partial charge in [0.25, 0.3) is 0 Å². The number of furan rings is 1. The van der Waals surface area contributed by atoms with Crippen LogP contribution in [0.1, 0.15) is 46.7 Å². The monoisotopic (exact) mass is 562 g/mol. The summed E-state index contributed by atoms with van der Waals surface area (Å²) in [6.45, 7) is 6.80. The molecular formula is C43H30O. The first-order valence-corrected chi connectivity index (χ1v) is 15.4. The van der Waals surface area contributed by atoms with Crippen molar-refractivity contribution in [1.82, 2.24) is 0 Å². The van der Waals surface area contributed by atoms with Gasteiger partial charge in [-0.2, -0.15) is 0 Å². The van der Waals surface area contributed by atoms with Gasteiger partial charge in [0.05, 0.1) is 5.41 Å². The zero-order valence-corrected chi connectivity index (χ0v) is 24.6. The Kier molecular flexibility index (Phi) is 5.31. The summed E-state index contributed by atoms with van der Waals surface area (Å²) in [6.07, 6.45) is 3.17. The van der Waals surface area contributed by atoms with Gasteiger partial charge in [-0.3, -0.25) is 0 Å². The van der Waals surface area contributed by atoms with Crippen molar-refractivity contribution in [1.29, 1.82) is 0 Å². The molecular weight excluding hydrogens is 532 g/mol. The topological polar surface area (TPSA) is 13.1 Å². The predicted molar refractivity (Wildman–Crippen MR) is 184 cm³/mol. The van der Waals surface area contributed by atoms with E-state index in [4.69, 9.17) is 4.42 Å². The molecule has 7 aromatic rings. The summed E-state index contributed by atoms with van der Waals surface area (Å²) in [5.41, 5.74) is 16.9. The molecule has 0 radical (unpaired) electrons. The molecule has 9 rings (SSSR count). The summed E-state index contributed by atoms with van der Waals surface area (Å²) in [7, 11) is 0. The minimum Gasteiger partial charge on any atom is -0.456 e. The van der Waals surface area contributed by atoms with Crippen LogP contribution in [0.4, 0.5) is 0 Å². The summed E-state index contributed by atoms with van der Waals surface area (Å²) in [5, 5.41) is 2.28. The molecule has 1 spiro atoms. The first-order chi connectivity index (χ1) is 21.7. The van der Waals surface area contributed by atoms with Crippen molar-refractivity contribution in [3.8, 4) is 22.3 Å². The second kappa shape index (κ2) is 9.30. The smallest absolute Gasteiger partial charge is 0.136 e. The van der Waals surface area contributed by atoms with Crippen LogP contribution in [0.25, 0.3) is 55.3 Å². The SMILES string of the molecule is C=C(/C=C(\CC)c1cccc2c1-c1ccccc1C21c2ccccc2-c2ccccc21)c1ccc2c(c1)oc1ccccc12. The molecule has 0 saturated heterocycles. The number of benzene rings is 6. The Morgan fingerprint density at radius 1 is 0.614 bits per heavy atom. The third-order valence-corrected chi connectivity index (χ3v) is 9.85. The van der Waals surface area contributed by atoms with E-state index >= 15 is 0 Å². The fourth-order valence-electron chi connectivity index (χ4n) is 8.00. The molecule has 0 aliphatic heterocycles. The van der Waals surface area contributed by atoms with E-state index in [-0.39, 0.29) is 5.41 Å². The summed E-state index contributed by atoms with van der Waals surface area (Å²) in [5.74, 6) is 0. The standard InChI is InChI=1S/C43H30O/c1-3-28(25-27(2)29-23-24-34-33-15-7-11-22-40(33)44-41(34)26-29)30-17-12-21-39-42(30)35-16-6-10-20-38(35)43(39)36-18-8-4-13-31(36)32-14-5-9-19-37(32)43/h4-26H,2-3H2,1H3/b28-25+. The molecule has 0 fully saturated rings. The number of hydrogen-bond acceptors (Lipinski definition) is 1. The van der Waals surface area contributed by atoms with Gasteiger partial charge >= 0.3 is 0 Å². The Hall–Kier alpha value is -5.40. The van der Waals surface area contributed by atoms with E-state index in [0.717, 1.165) is 39.5 Å². The van der Waals surface area contributed by atoms with E-state index in [1.54, 1.807) is 0 Å². The van der Waals surface area contributed by atoms with Crippen molar-refractivity contribution in [3.05, 3.63) is 179 Å². The molecule has 0 amide bonds. The molecule has 0 N–H and O–H groups in total. The summed E-state index contributed by atoms with van der Waals surface area (Å²) >= 11 is 0. The number of fused-ring (bicyclic) bond motifs is 13. The maximum Gasteiger partial charge on any atom is 0.136 e. The van der Waals surface area contributed by atoms with Gasteiger partial charge in [0.1, 0.15) is 11.2 Å². The molecule has 0 atom stereocenters. The average Bonchev–Trinajstić information content (AvgIpc) is 3.71. The lowest BCUT2D eigenvalue weighted by Crippen LogP contribution is -2.25. The molecule has 0 bridgehead atoms. The highest BCUT2D eigenvalue weighted by Gasteiger charge is 2.51. The van der Waals surface area contributed by atoms with Gasteiger partial charge in [-0.15, -0.1) is 0 Å². The molecule has 6 aromatic carbocycles. The Morgan fingerprint density at radius 2 is 1.20 bits per heavy atom. The third kappa shape index (κ3) is 3.24. The van der Waals surface area contributed by atoms with Crippen molar-refractivity contribution in [2.75, 3.05) is 0 Å². The van der Waals surface area contributed by atoms with Crippen LogP contribution < -0.4 is 0 Å². The number of rotatable bonds is 4. The molecule has 1 heterocycles. The maximum atomic E-state index is 6.21. The van der Waals surface area contributed by atoms with Gasteiger partial charge in [0.15, 0.2) is 0 Å². The van der Waals surface area contributed by atoms with Gasteiger partial charge in [-0.05, 0) is 91.4 Å². The Balaban J connectivity index is 1.24. The van der Waals surface area contributed by atoms with Gasteiger partial charge in [-0.25, -0.2) is 0 Å². The van der Waals surface area contributed by atoms with E-state index in [9.17, 15) is 0 Å². The number of allylic oxidation sites excluding steroid dienone is 3. The predicted octanol–water partition coefficient (Wildman–Crippen LogP) is 11.4. The average molecular weight is 563 g/mol. The zero-order valence-electron chi connectivity index (χ0n) is 24.6. The van der Waals surface area contributed by atoms with Crippen LogP contribution >= 0.6 is 0 Å². The molecule has 2 aliphatic carbocycles. The van der Waals surface area contributed by atoms with Crippen LogP contribution in [0.3, 0.4) is 0 Å². The summed E-state index contributed by atoms with van der Waals surface area (Å²) < 4.78 is 6.21. The van der Waals surface area contributed by atoms with E-state index in [1.807, 2.05) is 12.1 Å². The third-order valence-electron chi connectivity index (χ3n) is 9.85. The minimum atomic E-state index is -0.336. The van der Waals surface area contributed by atoms with E-state index in [2.05, 4.69) is 141 Å². The van der Waals surface area contributed by atoms with Crippen molar-refractivity contribution in [2.24, 2.45) is 0 Å². The lowest BCUT2D eigenvalue weighted by molar-refractivity contribution is 0.669. The van der Waals surface area contributed by atoms with Crippen LogP contribution in [-0.4, -0.2) is 0 Å². The van der Waals surface area contributed by atoms with E-state index in [0.29, 0.717) is 0 Å². The van der Waals surface area contributed by atoms with E-state index < -0.39 is 0 Å². The van der Waals surface area contributed by atoms with Crippen molar-refractivity contribution < 1.29 is 4.42 Å². The lowest BCUT2D eigenvalue weighted by atomic mass is 9.70. The van der Waals surface area contributed by atoms with E-state index in [1.165, 1.54) is 55.6 Å². The minimum absolute atomic E-state index is 0.336. The maximum absolute atomic E-state index is 6.21. The van der Waals surface area contributed by atoms with Crippen LogP contribution in [-0.2, 0) is 5.41 Å². The van der Waals surface area contributed by atoms with Crippen LogP contribution in [0.5, 0.6) is 0 Å². The first kappa shape index (κ1) is 25.1. The molecule has 0 saturated carbocycles. The second-order valence-electron chi connectivity index (χ2n) is 12.0. The highest BCUT2D eigenvalue weighted by Crippen LogP contribution is 2.63. The molecule has 0 unspecified atom stereocenters.